The number of carbonyl (C=O) groups excluding carboxylic acids is 4. The molecule has 2 aromatic rings. The van der Waals surface area contributed by atoms with Crippen molar-refractivity contribution in [3.8, 4) is 5.75 Å². The number of ether oxygens (including phenoxy) is 3. The summed E-state index contributed by atoms with van der Waals surface area (Å²) in [4.78, 5) is 52.1. The molecule has 0 unspecified atom stereocenters. The van der Waals surface area contributed by atoms with E-state index in [1.54, 1.807) is 32.9 Å². The highest BCUT2D eigenvalue weighted by Gasteiger charge is 2.31. The first-order valence-corrected chi connectivity index (χ1v) is 14.5. The van der Waals surface area contributed by atoms with E-state index < -0.39 is 49.1 Å². The Morgan fingerprint density at radius 2 is 1.43 bits per heavy atom. The Kier molecular flexibility index (Phi) is 14.8. The standard InChI is InChI=1S/C31H44N4O9/c1-5-34(30(40)43-18-25(33-22(4)37)15-23-9-7-6-8-10-23)27(17-36)20-44-31(41)35(21(2)3)26(19-42-29(32)39)16-24-11-13-28(38)14-12-24/h6-14,21,25-27,36,38H,5,15-20H2,1-4H3,(H2,32,39)(H,33,37)/t25-,26-,27-/m0/s1. The quantitative estimate of drug-likeness (QED) is 0.206. The van der Waals surface area contributed by atoms with E-state index in [0.717, 1.165) is 11.1 Å². The van der Waals surface area contributed by atoms with Crippen LogP contribution < -0.4 is 11.1 Å². The molecular weight excluding hydrogens is 572 g/mol. The zero-order valence-electron chi connectivity index (χ0n) is 25.7. The minimum absolute atomic E-state index is 0.0784. The molecule has 3 atom stereocenters. The number of aliphatic hydroxyl groups excluding tert-OH is 1. The largest absolute Gasteiger partial charge is 0.508 e. The van der Waals surface area contributed by atoms with Gasteiger partial charge in [0.1, 0.15) is 25.6 Å². The van der Waals surface area contributed by atoms with E-state index >= 15 is 0 Å². The smallest absolute Gasteiger partial charge is 0.410 e. The second kappa shape index (κ2) is 18.2. The Morgan fingerprint density at radius 3 is 1.98 bits per heavy atom. The van der Waals surface area contributed by atoms with Gasteiger partial charge in [-0.15, -0.1) is 0 Å². The first kappa shape index (κ1) is 35.7. The molecule has 13 nitrogen and oxygen atoms in total. The lowest BCUT2D eigenvalue weighted by molar-refractivity contribution is -0.120. The highest BCUT2D eigenvalue weighted by Crippen LogP contribution is 2.18. The molecule has 0 spiro atoms. The van der Waals surface area contributed by atoms with Crippen LogP contribution in [0.1, 0.15) is 38.8 Å². The van der Waals surface area contributed by atoms with Gasteiger partial charge in [0.05, 0.1) is 24.7 Å². The molecule has 0 saturated carbocycles. The van der Waals surface area contributed by atoms with E-state index in [9.17, 15) is 29.4 Å². The number of phenolic OH excluding ortho intramolecular Hbond substituents is 1. The number of carbonyl (C=O) groups is 4. The Hall–Kier alpha value is -4.52. The number of rotatable bonds is 16. The molecule has 4 amide bonds. The molecule has 242 valence electrons. The van der Waals surface area contributed by atoms with E-state index in [1.807, 2.05) is 30.3 Å². The van der Waals surface area contributed by atoms with Crippen molar-refractivity contribution < 1.29 is 43.6 Å². The number of phenols is 1. The lowest BCUT2D eigenvalue weighted by Gasteiger charge is -2.35. The summed E-state index contributed by atoms with van der Waals surface area (Å²) >= 11 is 0. The third-order valence-electron chi connectivity index (χ3n) is 6.75. The molecule has 0 fully saturated rings. The number of nitrogens with zero attached hydrogens (tertiary/aromatic N) is 2. The Bertz CT molecular complexity index is 1190. The van der Waals surface area contributed by atoms with Crippen molar-refractivity contribution in [3.05, 3.63) is 65.7 Å². The van der Waals surface area contributed by atoms with Crippen molar-refractivity contribution >= 4 is 24.2 Å². The first-order valence-electron chi connectivity index (χ1n) is 14.5. The molecule has 0 aliphatic carbocycles. The maximum absolute atomic E-state index is 13.3. The van der Waals surface area contributed by atoms with Gasteiger partial charge in [0.25, 0.3) is 0 Å². The number of nitrogens with two attached hydrogens (primary N) is 1. The van der Waals surface area contributed by atoms with Crippen LogP contribution in [0, 0.1) is 0 Å². The molecule has 5 N–H and O–H groups in total. The Labute approximate surface area is 257 Å². The van der Waals surface area contributed by atoms with Gasteiger partial charge in [-0.05, 0) is 56.9 Å². The van der Waals surface area contributed by atoms with Crippen molar-refractivity contribution in [2.45, 2.75) is 64.7 Å². The summed E-state index contributed by atoms with van der Waals surface area (Å²) in [5.74, 6) is -0.191. The molecule has 13 heteroatoms. The fourth-order valence-electron chi connectivity index (χ4n) is 4.71. The van der Waals surface area contributed by atoms with Crippen LogP contribution in [0.15, 0.2) is 54.6 Å². The number of nitrogens with one attached hydrogen (secondary N) is 1. The minimum Gasteiger partial charge on any atom is -0.508 e. The zero-order valence-corrected chi connectivity index (χ0v) is 25.7. The highest BCUT2D eigenvalue weighted by molar-refractivity contribution is 5.73. The number of likely N-dealkylation sites (N-methyl/N-ethyl adjacent to an activating group) is 1. The van der Waals surface area contributed by atoms with Crippen molar-refractivity contribution in [1.29, 1.82) is 0 Å². The number of aromatic hydroxyl groups is 1. The molecule has 0 bridgehead atoms. The van der Waals surface area contributed by atoms with Gasteiger partial charge in [-0.2, -0.15) is 0 Å². The average molecular weight is 617 g/mol. The van der Waals surface area contributed by atoms with Crippen LogP contribution in [0.2, 0.25) is 0 Å². The summed E-state index contributed by atoms with van der Waals surface area (Å²) in [5, 5.41) is 22.5. The molecule has 0 saturated heterocycles. The summed E-state index contributed by atoms with van der Waals surface area (Å²) in [7, 11) is 0. The fourth-order valence-corrected chi connectivity index (χ4v) is 4.71. The van der Waals surface area contributed by atoms with Gasteiger partial charge in [0, 0.05) is 19.5 Å². The van der Waals surface area contributed by atoms with Crippen molar-refractivity contribution in [1.82, 2.24) is 15.1 Å². The summed E-state index contributed by atoms with van der Waals surface area (Å²) < 4.78 is 16.1. The van der Waals surface area contributed by atoms with E-state index in [2.05, 4.69) is 5.32 Å². The fraction of sp³-hybridized carbons (Fsp3) is 0.484. The normalized spacial score (nSPS) is 12.9. The molecule has 2 rings (SSSR count). The van der Waals surface area contributed by atoms with Crippen LogP contribution in [0.5, 0.6) is 5.75 Å². The number of primary amides is 1. The molecule has 2 aromatic carbocycles. The number of hydrogen-bond donors (Lipinski definition) is 4. The summed E-state index contributed by atoms with van der Waals surface area (Å²) in [6.45, 7) is 5.56. The van der Waals surface area contributed by atoms with Crippen molar-refractivity contribution in [3.63, 3.8) is 0 Å². The number of amides is 4. The Morgan fingerprint density at radius 1 is 0.841 bits per heavy atom. The van der Waals surface area contributed by atoms with Gasteiger partial charge < -0.3 is 35.5 Å². The average Bonchev–Trinajstić information content (AvgIpc) is 2.97. The van der Waals surface area contributed by atoms with Crippen LogP contribution >= 0.6 is 0 Å². The molecule has 0 radical (unpaired) electrons. The van der Waals surface area contributed by atoms with Crippen LogP contribution in [-0.2, 0) is 31.8 Å². The van der Waals surface area contributed by atoms with Crippen LogP contribution in [0.25, 0.3) is 0 Å². The molecule has 0 aliphatic heterocycles. The predicted molar refractivity (Wildman–Crippen MR) is 162 cm³/mol. The maximum Gasteiger partial charge on any atom is 0.410 e. The van der Waals surface area contributed by atoms with E-state index in [-0.39, 0.29) is 44.4 Å². The highest BCUT2D eigenvalue weighted by atomic mass is 16.6. The van der Waals surface area contributed by atoms with E-state index in [4.69, 9.17) is 19.9 Å². The second-order valence-electron chi connectivity index (χ2n) is 10.5. The van der Waals surface area contributed by atoms with Crippen LogP contribution in [-0.4, -0.2) is 101 Å². The van der Waals surface area contributed by atoms with Crippen molar-refractivity contribution in [2.75, 3.05) is 33.0 Å². The van der Waals surface area contributed by atoms with Gasteiger partial charge in [-0.1, -0.05) is 42.5 Å². The van der Waals surface area contributed by atoms with Crippen LogP contribution in [0.3, 0.4) is 0 Å². The van der Waals surface area contributed by atoms with E-state index in [1.165, 1.54) is 28.9 Å². The summed E-state index contributed by atoms with van der Waals surface area (Å²) in [6.07, 6.45) is -1.80. The monoisotopic (exact) mass is 616 g/mol. The van der Waals surface area contributed by atoms with Gasteiger partial charge in [-0.25, -0.2) is 14.4 Å². The summed E-state index contributed by atoms with van der Waals surface area (Å²) in [6, 6.07) is 13.3. The molecule has 0 heterocycles. The molecule has 44 heavy (non-hydrogen) atoms. The van der Waals surface area contributed by atoms with Crippen LogP contribution in [0.4, 0.5) is 14.4 Å². The topological polar surface area (TPSA) is 181 Å². The van der Waals surface area contributed by atoms with Gasteiger partial charge in [-0.3, -0.25) is 14.6 Å². The van der Waals surface area contributed by atoms with Gasteiger partial charge >= 0.3 is 18.3 Å². The summed E-state index contributed by atoms with van der Waals surface area (Å²) in [5.41, 5.74) is 6.89. The maximum atomic E-state index is 13.3. The number of aliphatic hydroxyl groups is 1. The zero-order chi connectivity index (χ0) is 32.6. The molecule has 0 aliphatic rings. The minimum atomic E-state index is -1.00. The predicted octanol–water partition coefficient (Wildman–Crippen LogP) is 2.81. The number of hydrogen-bond acceptors (Lipinski definition) is 9. The third kappa shape index (κ3) is 12.0. The van der Waals surface area contributed by atoms with Gasteiger partial charge in [0.15, 0.2) is 0 Å². The van der Waals surface area contributed by atoms with Crippen molar-refractivity contribution in [2.24, 2.45) is 5.73 Å². The first-order chi connectivity index (χ1) is 20.9. The van der Waals surface area contributed by atoms with Gasteiger partial charge in [0.2, 0.25) is 5.91 Å². The number of benzene rings is 2. The molecule has 0 aromatic heterocycles. The van der Waals surface area contributed by atoms with E-state index in [0.29, 0.717) is 6.42 Å². The Balaban J connectivity index is 2.09. The lowest BCUT2D eigenvalue weighted by atomic mass is 10.0. The third-order valence-corrected chi connectivity index (χ3v) is 6.75. The second-order valence-corrected chi connectivity index (χ2v) is 10.5. The SMILES string of the molecule is CCN(C(=O)OC[C@H](Cc1ccccc1)NC(C)=O)[C@@H](CO)COC(=O)N(C(C)C)[C@H](COC(N)=O)Cc1ccc(O)cc1. The molecular formula is C31H44N4O9. The lowest BCUT2D eigenvalue weighted by Crippen LogP contribution is -2.51.